The van der Waals surface area contributed by atoms with Gasteiger partial charge in [-0.15, -0.1) is 0 Å². The second kappa shape index (κ2) is 12.3. The number of carbonyl (C=O) groups excluding carboxylic acids is 2. The summed E-state index contributed by atoms with van der Waals surface area (Å²) in [6, 6.07) is 43.5. The monoisotopic (exact) mass is 662 g/mol. The third-order valence-corrected chi connectivity index (χ3v) is 10.8. The first-order valence-corrected chi connectivity index (χ1v) is 17.2. The molecule has 0 radical (unpaired) electrons. The highest BCUT2D eigenvalue weighted by molar-refractivity contribution is 8.00. The maximum Gasteiger partial charge on any atom is 0.331 e. The first-order chi connectivity index (χ1) is 23.4. The summed E-state index contributed by atoms with van der Waals surface area (Å²) >= 11 is 3.34. The van der Waals surface area contributed by atoms with Crippen LogP contribution in [0.2, 0.25) is 0 Å². The fourth-order valence-electron chi connectivity index (χ4n) is 6.16. The second-order valence-corrected chi connectivity index (χ2v) is 13.8. The van der Waals surface area contributed by atoms with Crippen molar-refractivity contribution < 1.29 is 9.59 Å². The van der Waals surface area contributed by atoms with Gasteiger partial charge >= 0.3 is 12.1 Å². The molecule has 0 saturated carbocycles. The predicted octanol–water partition coefficient (Wildman–Crippen LogP) is 11.6. The zero-order valence-electron chi connectivity index (χ0n) is 26.2. The number of carbonyl (C=O) groups is 2. The molecule has 2 aliphatic heterocycles. The zero-order valence-corrected chi connectivity index (χ0v) is 27.9. The van der Waals surface area contributed by atoms with Gasteiger partial charge in [0.05, 0.1) is 22.7 Å². The standard InChI is InChI=1S/C40H30N4O2S2/c1-25-23-27(19-21-29(25)41-39(45)43-31-11-3-7-15-35(31)47-36-16-8-4-12-32(36)43)28-20-22-30(26(2)24-28)42-40(46)44-33-13-5-9-17-37(33)48-38-18-10-6-14-34(38)44/h3-24H,1-2H3,(H,41,45)(H,42,46). The van der Waals surface area contributed by atoms with Gasteiger partial charge in [0.2, 0.25) is 0 Å². The van der Waals surface area contributed by atoms with Crippen LogP contribution in [0.15, 0.2) is 153 Å². The molecule has 2 N–H and O–H groups in total. The molecule has 0 fully saturated rings. The van der Waals surface area contributed by atoms with E-state index in [9.17, 15) is 9.59 Å². The first kappa shape index (κ1) is 29.9. The van der Waals surface area contributed by atoms with Crippen molar-refractivity contribution in [1.82, 2.24) is 0 Å². The van der Waals surface area contributed by atoms with Gasteiger partial charge in [-0.2, -0.15) is 0 Å². The molecular weight excluding hydrogens is 633 g/mol. The molecule has 0 saturated heterocycles. The number of fused-ring (bicyclic) bond motifs is 4. The molecule has 0 bridgehead atoms. The first-order valence-electron chi connectivity index (χ1n) is 15.6. The molecule has 6 aromatic carbocycles. The Balaban J connectivity index is 1.02. The van der Waals surface area contributed by atoms with Crippen LogP contribution < -0.4 is 20.4 Å². The Hall–Kier alpha value is -5.44. The van der Waals surface area contributed by atoms with E-state index >= 15 is 0 Å². The van der Waals surface area contributed by atoms with Gasteiger partial charge in [0.25, 0.3) is 0 Å². The zero-order chi connectivity index (χ0) is 32.8. The van der Waals surface area contributed by atoms with E-state index in [-0.39, 0.29) is 12.1 Å². The van der Waals surface area contributed by atoms with E-state index in [1.165, 1.54) is 0 Å². The van der Waals surface area contributed by atoms with Crippen molar-refractivity contribution in [2.45, 2.75) is 33.4 Å². The lowest BCUT2D eigenvalue weighted by molar-refractivity contribution is 0.258. The number of hydrogen-bond donors (Lipinski definition) is 2. The number of hydrogen-bond acceptors (Lipinski definition) is 4. The molecule has 48 heavy (non-hydrogen) atoms. The van der Waals surface area contributed by atoms with Gasteiger partial charge < -0.3 is 10.6 Å². The summed E-state index contributed by atoms with van der Waals surface area (Å²) in [4.78, 5) is 35.2. The summed E-state index contributed by atoms with van der Waals surface area (Å²) in [6.45, 7) is 4.00. The Labute approximate surface area is 287 Å². The van der Waals surface area contributed by atoms with E-state index in [2.05, 4.69) is 22.8 Å². The van der Waals surface area contributed by atoms with Crippen LogP contribution in [-0.4, -0.2) is 12.1 Å². The molecule has 0 spiro atoms. The summed E-state index contributed by atoms with van der Waals surface area (Å²) in [5.74, 6) is 0. The minimum absolute atomic E-state index is 0.209. The Morgan fingerprint density at radius 3 is 1.08 bits per heavy atom. The van der Waals surface area contributed by atoms with Gasteiger partial charge in [0.1, 0.15) is 0 Å². The minimum atomic E-state index is -0.209. The van der Waals surface area contributed by atoms with Gasteiger partial charge in [0, 0.05) is 31.0 Å². The fourth-order valence-corrected chi connectivity index (χ4v) is 8.27. The molecule has 2 aliphatic rings. The number of para-hydroxylation sites is 4. The van der Waals surface area contributed by atoms with Crippen molar-refractivity contribution in [3.8, 4) is 11.1 Å². The molecule has 4 amide bonds. The summed E-state index contributed by atoms with van der Waals surface area (Å²) in [7, 11) is 0. The number of aryl methyl sites for hydroxylation is 2. The van der Waals surface area contributed by atoms with Crippen LogP contribution in [0.3, 0.4) is 0 Å². The SMILES string of the molecule is Cc1cc(-c2ccc(NC(=O)N3c4ccccc4Sc4ccccc43)c(C)c2)ccc1NC(=O)N1c2ccccc2Sc2ccccc21. The lowest BCUT2D eigenvalue weighted by Gasteiger charge is -2.31. The third-order valence-electron chi connectivity index (χ3n) is 8.54. The molecule has 0 atom stereocenters. The normalized spacial score (nSPS) is 12.7. The number of nitrogens with zero attached hydrogens (tertiary/aromatic N) is 2. The molecule has 8 rings (SSSR count). The summed E-state index contributed by atoms with van der Waals surface area (Å²) in [5.41, 5.74) is 8.89. The number of benzene rings is 6. The second-order valence-electron chi connectivity index (χ2n) is 11.7. The van der Waals surface area contributed by atoms with Gasteiger partial charge in [0.15, 0.2) is 0 Å². The van der Waals surface area contributed by atoms with Gasteiger partial charge in [-0.05, 0) is 109 Å². The quantitative estimate of drug-likeness (QED) is 0.198. The minimum Gasteiger partial charge on any atom is -0.307 e. The number of rotatable bonds is 3. The lowest BCUT2D eigenvalue weighted by Crippen LogP contribution is -2.33. The maximum absolute atomic E-state index is 13.8. The van der Waals surface area contributed by atoms with Crippen LogP contribution >= 0.6 is 23.5 Å². The van der Waals surface area contributed by atoms with E-state index in [0.717, 1.165) is 76.0 Å². The Kier molecular flexibility index (Phi) is 7.67. The average molecular weight is 663 g/mol. The summed E-state index contributed by atoms with van der Waals surface area (Å²) < 4.78 is 0. The summed E-state index contributed by atoms with van der Waals surface area (Å²) in [6.07, 6.45) is 0. The van der Waals surface area contributed by atoms with E-state index in [4.69, 9.17) is 0 Å². The third kappa shape index (κ3) is 5.39. The van der Waals surface area contributed by atoms with Crippen LogP contribution in [0.1, 0.15) is 11.1 Å². The molecule has 2 heterocycles. The molecular formula is C40H30N4O2S2. The molecule has 0 aliphatic carbocycles. The van der Waals surface area contributed by atoms with Crippen LogP contribution in [0.25, 0.3) is 11.1 Å². The molecule has 6 aromatic rings. The molecule has 0 aromatic heterocycles. The number of anilines is 6. The Bertz CT molecular complexity index is 2000. The topological polar surface area (TPSA) is 64.7 Å². The lowest BCUT2D eigenvalue weighted by atomic mass is 10.00. The Morgan fingerprint density at radius 1 is 0.458 bits per heavy atom. The highest BCUT2D eigenvalue weighted by Gasteiger charge is 2.29. The van der Waals surface area contributed by atoms with Crippen molar-refractivity contribution in [3.63, 3.8) is 0 Å². The maximum atomic E-state index is 13.8. The number of amides is 4. The van der Waals surface area contributed by atoms with Gasteiger partial charge in [-0.25, -0.2) is 9.59 Å². The van der Waals surface area contributed by atoms with Gasteiger partial charge in [-0.1, -0.05) is 84.2 Å². The largest absolute Gasteiger partial charge is 0.331 e. The Morgan fingerprint density at radius 2 is 0.771 bits per heavy atom. The van der Waals surface area contributed by atoms with Crippen LogP contribution in [0, 0.1) is 13.8 Å². The van der Waals surface area contributed by atoms with Crippen LogP contribution in [-0.2, 0) is 0 Å². The number of urea groups is 2. The highest BCUT2D eigenvalue weighted by atomic mass is 32.2. The molecule has 234 valence electrons. The van der Waals surface area contributed by atoms with Crippen LogP contribution in [0.4, 0.5) is 43.7 Å². The van der Waals surface area contributed by atoms with E-state index in [1.807, 2.05) is 135 Å². The highest BCUT2D eigenvalue weighted by Crippen LogP contribution is 2.49. The molecule has 6 nitrogen and oxygen atoms in total. The molecule has 8 heteroatoms. The summed E-state index contributed by atoms with van der Waals surface area (Å²) in [5, 5.41) is 6.30. The van der Waals surface area contributed by atoms with Crippen molar-refractivity contribution in [1.29, 1.82) is 0 Å². The van der Waals surface area contributed by atoms with E-state index in [1.54, 1.807) is 33.3 Å². The van der Waals surface area contributed by atoms with Crippen molar-refractivity contribution in [3.05, 3.63) is 145 Å². The average Bonchev–Trinajstić information content (AvgIpc) is 3.11. The fraction of sp³-hybridized carbons (Fsp3) is 0.0500. The van der Waals surface area contributed by atoms with Crippen LogP contribution in [0.5, 0.6) is 0 Å². The predicted molar refractivity (Wildman–Crippen MR) is 198 cm³/mol. The van der Waals surface area contributed by atoms with Crippen molar-refractivity contribution >= 4 is 69.7 Å². The van der Waals surface area contributed by atoms with E-state index < -0.39 is 0 Å². The van der Waals surface area contributed by atoms with Gasteiger partial charge in [-0.3, -0.25) is 9.80 Å². The van der Waals surface area contributed by atoms with E-state index in [0.29, 0.717) is 0 Å². The number of nitrogens with one attached hydrogen (secondary N) is 2. The van der Waals surface area contributed by atoms with Crippen molar-refractivity contribution in [2.24, 2.45) is 0 Å². The molecule has 0 unspecified atom stereocenters. The smallest absolute Gasteiger partial charge is 0.307 e. The van der Waals surface area contributed by atoms with Crippen molar-refractivity contribution in [2.75, 3.05) is 20.4 Å².